The predicted octanol–water partition coefficient (Wildman–Crippen LogP) is 3.85. The van der Waals surface area contributed by atoms with E-state index in [1.165, 1.54) is 9.26 Å². The zero-order valence-corrected chi connectivity index (χ0v) is 13.1. The number of hydrogen-bond donors (Lipinski definition) is 1. The molecular weight excluding hydrogens is 337 g/mol. The molecule has 1 aromatic carbocycles. The zero-order valence-electron chi connectivity index (χ0n) is 10.9. The fraction of sp³-hybridized carbons (Fsp3) is 0.357. The topological polar surface area (TPSA) is 29.9 Å². The van der Waals surface area contributed by atoms with Gasteiger partial charge in [-0.25, -0.2) is 4.98 Å². The number of imidazole rings is 1. The van der Waals surface area contributed by atoms with Crippen LogP contribution in [0, 0.1) is 16.4 Å². The Hall–Kier alpha value is -1.04. The van der Waals surface area contributed by atoms with E-state index in [0.717, 1.165) is 18.2 Å². The molecule has 0 saturated carbocycles. The maximum Gasteiger partial charge on any atom is 0.207 e. The number of para-hydroxylation sites is 1. The van der Waals surface area contributed by atoms with Gasteiger partial charge in [0.15, 0.2) is 0 Å². The van der Waals surface area contributed by atoms with Crippen molar-refractivity contribution in [3.05, 3.63) is 39.7 Å². The van der Waals surface area contributed by atoms with Crippen LogP contribution in [0.3, 0.4) is 0 Å². The predicted molar refractivity (Wildman–Crippen MR) is 84.3 cm³/mol. The number of nitrogens with zero attached hydrogens (tertiary/aromatic N) is 2. The molecule has 0 bridgehead atoms. The first kappa shape index (κ1) is 13.4. The molecule has 3 nitrogen and oxygen atoms in total. The van der Waals surface area contributed by atoms with E-state index in [9.17, 15) is 0 Å². The van der Waals surface area contributed by atoms with Gasteiger partial charge in [0.25, 0.3) is 0 Å². The largest absolute Gasteiger partial charge is 0.355 e. The molecule has 0 radical (unpaired) electrons. The van der Waals surface area contributed by atoms with Gasteiger partial charge in [-0.15, -0.1) is 0 Å². The highest BCUT2D eigenvalue weighted by Gasteiger charge is 2.09. The van der Waals surface area contributed by atoms with Crippen molar-refractivity contribution in [1.82, 2.24) is 9.55 Å². The number of anilines is 1. The lowest BCUT2D eigenvalue weighted by Crippen LogP contribution is -2.12. The summed E-state index contributed by atoms with van der Waals surface area (Å²) in [6.07, 6.45) is 2.07. The smallest absolute Gasteiger partial charge is 0.207 e. The van der Waals surface area contributed by atoms with E-state index in [-0.39, 0.29) is 0 Å². The summed E-state index contributed by atoms with van der Waals surface area (Å²) in [4.78, 5) is 4.55. The third kappa shape index (κ3) is 3.04. The average molecular weight is 355 g/mol. The molecular formula is C14H18IN3. The lowest BCUT2D eigenvalue weighted by molar-refractivity contribution is 0.683. The summed E-state index contributed by atoms with van der Waals surface area (Å²) in [7, 11) is 0. The van der Waals surface area contributed by atoms with Gasteiger partial charge < -0.3 is 5.32 Å². The van der Waals surface area contributed by atoms with Gasteiger partial charge >= 0.3 is 0 Å². The number of aryl methyl sites for hydroxylation is 1. The molecule has 0 aliphatic heterocycles. The first-order chi connectivity index (χ1) is 8.58. The van der Waals surface area contributed by atoms with Gasteiger partial charge in [-0.05, 0) is 47.6 Å². The van der Waals surface area contributed by atoms with Crippen molar-refractivity contribution in [2.75, 3.05) is 11.9 Å². The van der Waals surface area contributed by atoms with E-state index < -0.39 is 0 Å². The average Bonchev–Trinajstić information content (AvgIpc) is 2.68. The van der Waals surface area contributed by atoms with Crippen LogP contribution in [0.15, 0.2) is 30.5 Å². The lowest BCUT2D eigenvalue weighted by atomic mass is 10.2. The number of aromatic nitrogens is 2. The van der Waals surface area contributed by atoms with Crippen molar-refractivity contribution in [2.24, 2.45) is 5.92 Å². The SMILES string of the molecule is Cc1cn(-c2ccccc2I)c(NCC(C)C)n1. The van der Waals surface area contributed by atoms with Gasteiger partial charge in [-0.3, -0.25) is 4.57 Å². The highest BCUT2D eigenvalue weighted by molar-refractivity contribution is 14.1. The third-order valence-electron chi connectivity index (χ3n) is 2.61. The van der Waals surface area contributed by atoms with Crippen LogP contribution < -0.4 is 5.32 Å². The molecule has 4 heteroatoms. The highest BCUT2D eigenvalue weighted by Crippen LogP contribution is 2.21. The Labute approximate surface area is 122 Å². The maximum atomic E-state index is 4.55. The van der Waals surface area contributed by atoms with Gasteiger partial charge in [-0.2, -0.15) is 0 Å². The minimum Gasteiger partial charge on any atom is -0.355 e. The minimum atomic E-state index is 0.602. The van der Waals surface area contributed by atoms with Crippen molar-refractivity contribution in [3.63, 3.8) is 0 Å². The van der Waals surface area contributed by atoms with Crippen LogP contribution in [0.4, 0.5) is 5.95 Å². The van der Waals surface area contributed by atoms with Gasteiger partial charge in [0, 0.05) is 16.3 Å². The van der Waals surface area contributed by atoms with Crippen LogP contribution in [-0.4, -0.2) is 16.1 Å². The second kappa shape index (κ2) is 5.73. The Bertz CT molecular complexity index is 532. The molecule has 2 aromatic rings. The van der Waals surface area contributed by atoms with Gasteiger partial charge in [0.2, 0.25) is 5.95 Å². The van der Waals surface area contributed by atoms with Crippen molar-refractivity contribution in [1.29, 1.82) is 0 Å². The van der Waals surface area contributed by atoms with Crippen molar-refractivity contribution in [2.45, 2.75) is 20.8 Å². The summed E-state index contributed by atoms with van der Waals surface area (Å²) in [5, 5.41) is 3.41. The molecule has 1 aromatic heterocycles. The van der Waals surface area contributed by atoms with Crippen LogP contribution in [0.1, 0.15) is 19.5 Å². The van der Waals surface area contributed by atoms with Gasteiger partial charge in [0.05, 0.1) is 11.4 Å². The quantitative estimate of drug-likeness (QED) is 0.845. The Balaban J connectivity index is 2.36. The van der Waals surface area contributed by atoms with Crippen molar-refractivity contribution < 1.29 is 0 Å². The van der Waals surface area contributed by atoms with E-state index >= 15 is 0 Å². The minimum absolute atomic E-state index is 0.602. The molecule has 0 amide bonds. The zero-order chi connectivity index (χ0) is 13.1. The molecule has 0 aliphatic rings. The summed E-state index contributed by atoms with van der Waals surface area (Å²) in [5.74, 6) is 1.52. The molecule has 18 heavy (non-hydrogen) atoms. The van der Waals surface area contributed by atoms with Crippen molar-refractivity contribution in [3.8, 4) is 5.69 Å². The van der Waals surface area contributed by atoms with E-state index in [1.54, 1.807) is 0 Å². The maximum absolute atomic E-state index is 4.55. The molecule has 0 atom stereocenters. The second-order valence-corrected chi connectivity index (χ2v) is 5.96. The monoisotopic (exact) mass is 355 g/mol. The highest BCUT2D eigenvalue weighted by atomic mass is 127. The number of benzene rings is 1. The first-order valence-corrected chi connectivity index (χ1v) is 7.20. The van der Waals surface area contributed by atoms with Crippen LogP contribution in [0.25, 0.3) is 5.69 Å². The molecule has 1 heterocycles. The Kier molecular flexibility index (Phi) is 4.27. The van der Waals surface area contributed by atoms with Crippen LogP contribution >= 0.6 is 22.6 Å². The molecule has 2 rings (SSSR count). The lowest BCUT2D eigenvalue weighted by Gasteiger charge is -2.12. The number of hydrogen-bond acceptors (Lipinski definition) is 2. The van der Waals surface area contributed by atoms with E-state index in [0.29, 0.717) is 5.92 Å². The van der Waals surface area contributed by atoms with Crippen LogP contribution in [0.2, 0.25) is 0 Å². The normalized spacial score (nSPS) is 10.9. The van der Waals surface area contributed by atoms with Crippen LogP contribution in [0.5, 0.6) is 0 Å². The van der Waals surface area contributed by atoms with Gasteiger partial charge in [0.1, 0.15) is 0 Å². The Morgan fingerprint density at radius 1 is 1.33 bits per heavy atom. The summed E-state index contributed by atoms with van der Waals surface area (Å²) >= 11 is 2.36. The summed E-state index contributed by atoms with van der Waals surface area (Å²) in [6.45, 7) is 7.34. The summed E-state index contributed by atoms with van der Waals surface area (Å²) in [6, 6.07) is 8.33. The Morgan fingerprint density at radius 3 is 2.72 bits per heavy atom. The molecule has 96 valence electrons. The third-order valence-corrected chi connectivity index (χ3v) is 3.52. The van der Waals surface area contributed by atoms with Crippen LogP contribution in [-0.2, 0) is 0 Å². The summed E-state index contributed by atoms with van der Waals surface area (Å²) < 4.78 is 3.35. The van der Waals surface area contributed by atoms with Crippen molar-refractivity contribution >= 4 is 28.5 Å². The molecule has 0 fully saturated rings. The van der Waals surface area contributed by atoms with E-state index in [1.807, 2.05) is 6.92 Å². The standard InChI is InChI=1S/C14H18IN3/c1-10(2)8-16-14-17-11(3)9-18(14)13-7-5-4-6-12(13)15/h4-7,9-10H,8H2,1-3H3,(H,16,17). The van der Waals surface area contributed by atoms with E-state index in [4.69, 9.17) is 0 Å². The molecule has 0 unspecified atom stereocenters. The summed E-state index contributed by atoms with van der Waals surface area (Å²) in [5.41, 5.74) is 2.20. The number of nitrogens with one attached hydrogen (secondary N) is 1. The van der Waals surface area contributed by atoms with Gasteiger partial charge in [-0.1, -0.05) is 26.0 Å². The first-order valence-electron chi connectivity index (χ1n) is 6.12. The van der Waals surface area contributed by atoms with E-state index in [2.05, 4.69) is 81.8 Å². The fourth-order valence-electron chi connectivity index (χ4n) is 1.75. The second-order valence-electron chi connectivity index (χ2n) is 4.80. The number of rotatable bonds is 4. The number of halogens is 1. The molecule has 0 spiro atoms. The molecule has 1 N–H and O–H groups in total. The Morgan fingerprint density at radius 2 is 2.06 bits per heavy atom. The fourth-order valence-corrected chi connectivity index (χ4v) is 2.40. The molecule has 0 aliphatic carbocycles. The molecule has 0 saturated heterocycles.